The summed E-state index contributed by atoms with van der Waals surface area (Å²) in [5, 5.41) is 8.68. The Morgan fingerprint density at radius 1 is 1.45 bits per heavy atom. The van der Waals surface area contributed by atoms with Gasteiger partial charge in [0.2, 0.25) is 0 Å². The van der Waals surface area contributed by atoms with Crippen LogP contribution in [0.4, 0.5) is 4.79 Å². The van der Waals surface area contributed by atoms with Gasteiger partial charge < -0.3 is 15.4 Å². The van der Waals surface area contributed by atoms with Gasteiger partial charge in [0.05, 0.1) is 29.9 Å². The Hall–Kier alpha value is -2.08. The number of carbonyl (C=O) groups is 1. The lowest BCUT2D eigenvalue weighted by Crippen LogP contribution is -2.36. The number of aryl methyl sites for hydroxylation is 1. The molecular weight excluding hydrogens is 298 g/mol. The van der Waals surface area contributed by atoms with Gasteiger partial charge in [0.15, 0.2) is 0 Å². The van der Waals surface area contributed by atoms with Crippen molar-refractivity contribution < 1.29 is 9.53 Å². The zero-order chi connectivity index (χ0) is 15.9. The average molecular weight is 319 g/mol. The molecule has 0 saturated heterocycles. The van der Waals surface area contributed by atoms with Gasteiger partial charge in [0.1, 0.15) is 5.75 Å². The number of ether oxygens (including phenoxy) is 1. The molecule has 0 saturated carbocycles. The SMILES string of the molecule is CCOc1cccc([C@@H](C)NC(=O)NCc2csc(C)n2)c1. The average Bonchev–Trinajstić information content (AvgIpc) is 2.91. The molecule has 118 valence electrons. The lowest BCUT2D eigenvalue weighted by Gasteiger charge is -2.15. The van der Waals surface area contributed by atoms with Crippen molar-refractivity contribution in [3.05, 3.63) is 45.9 Å². The van der Waals surface area contributed by atoms with Crippen molar-refractivity contribution >= 4 is 17.4 Å². The fraction of sp³-hybridized carbons (Fsp3) is 0.375. The molecule has 1 atom stereocenters. The monoisotopic (exact) mass is 319 g/mol. The molecule has 1 aromatic carbocycles. The minimum Gasteiger partial charge on any atom is -0.494 e. The van der Waals surface area contributed by atoms with E-state index in [0.717, 1.165) is 22.0 Å². The van der Waals surface area contributed by atoms with Crippen LogP contribution in [0, 0.1) is 6.92 Å². The molecule has 0 bridgehead atoms. The summed E-state index contributed by atoms with van der Waals surface area (Å²) in [7, 11) is 0. The highest BCUT2D eigenvalue weighted by Gasteiger charge is 2.10. The van der Waals surface area contributed by atoms with Crippen molar-refractivity contribution in [1.82, 2.24) is 15.6 Å². The number of aromatic nitrogens is 1. The molecule has 0 unspecified atom stereocenters. The van der Waals surface area contributed by atoms with Gasteiger partial charge in [0, 0.05) is 5.38 Å². The van der Waals surface area contributed by atoms with Crippen molar-refractivity contribution in [3.8, 4) is 5.75 Å². The van der Waals surface area contributed by atoms with Crippen molar-refractivity contribution in [1.29, 1.82) is 0 Å². The molecule has 2 aromatic rings. The van der Waals surface area contributed by atoms with E-state index in [1.165, 1.54) is 0 Å². The van der Waals surface area contributed by atoms with Crippen LogP contribution < -0.4 is 15.4 Å². The zero-order valence-corrected chi connectivity index (χ0v) is 13.9. The molecule has 0 fully saturated rings. The topological polar surface area (TPSA) is 63.2 Å². The Balaban J connectivity index is 1.86. The van der Waals surface area contributed by atoms with E-state index in [4.69, 9.17) is 4.74 Å². The maximum atomic E-state index is 11.9. The summed E-state index contributed by atoms with van der Waals surface area (Å²) in [6, 6.07) is 7.44. The molecule has 2 rings (SSSR count). The second kappa shape index (κ2) is 7.79. The van der Waals surface area contributed by atoms with Gasteiger partial charge in [-0.15, -0.1) is 11.3 Å². The van der Waals surface area contributed by atoms with Crippen LogP contribution in [0.2, 0.25) is 0 Å². The maximum absolute atomic E-state index is 11.9. The van der Waals surface area contributed by atoms with Crippen LogP contribution >= 0.6 is 11.3 Å². The van der Waals surface area contributed by atoms with E-state index in [-0.39, 0.29) is 12.1 Å². The Morgan fingerprint density at radius 3 is 2.95 bits per heavy atom. The van der Waals surface area contributed by atoms with Crippen LogP contribution in [-0.4, -0.2) is 17.6 Å². The number of rotatable bonds is 6. The summed E-state index contributed by atoms with van der Waals surface area (Å²) in [5.74, 6) is 0.812. The van der Waals surface area contributed by atoms with E-state index >= 15 is 0 Å². The van der Waals surface area contributed by atoms with Crippen LogP contribution in [0.1, 0.15) is 36.2 Å². The molecule has 1 aromatic heterocycles. The lowest BCUT2D eigenvalue weighted by atomic mass is 10.1. The smallest absolute Gasteiger partial charge is 0.315 e. The lowest BCUT2D eigenvalue weighted by molar-refractivity contribution is 0.237. The summed E-state index contributed by atoms with van der Waals surface area (Å²) >= 11 is 1.58. The Kier molecular flexibility index (Phi) is 5.77. The highest BCUT2D eigenvalue weighted by Crippen LogP contribution is 2.19. The predicted molar refractivity (Wildman–Crippen MR) is 88.2 cm³/mol. The maximum Gasteiger partial charge on any atom is 0.315 e. The molecule has 2 N–H and O–H groups in total. The quantitative estimate of drug-likeness (QED) is 0.857. The molecule has 5 nitrogen and oxygen atoms in total. The molecule has 0 radical (unpaired) electrons. The first kappa shape index (κ1) is 16.3. The van der Waals surface area contributed by atoms with Crippen LogP contribution in [0.25, 0.3) is 0 Å². The fourth-order valence-electron chi connectivity index (χ4n) is 2.03. The van der Waals surface area contributed by atoms with E-state index in [2.05, 4.69) is 15.6 Å². The normalized spacial score (nSPS) is 11.8. The Bertz CT molecular complexity index is 627. The summed E-state index contributed by atoms with van der Waals surface area (Å²) in [4.78, 5) is 16.3. The first-order valence-corrected chi connectivity index (χ1v) is 8.14. The van der Waals surface area contributed by atoms with Crippen molar-refractivity contribution in [2.24, 2.45) is 0 Å². The number of thiazole rings is 1. The third-order valence-electron chi connectivity index (χ3n) is 3.11. The van der Waals surface area contributed by atoms with Crippen LogP contribution in [0.3, 0.4) is 0 Å². The van der Waals surface area contributed by atoms with Crippen LogP contribution in [-0.2, 0) is 6.54 Å². The van der Waals surface area contributed by atoms with Gasteiger partial charge in [-0.1, -0.05) is 12.1 Å². The molecule has 0 spiro atoms. The molecule has 0 aliphatic carbocycles. The number of nitrogens with zero attached hydrogens (tertiary/aromatic N) is 1. The van der Waals surface area contributed by atoms with Gasteiger partial charge in [0.25, 0.3) is 0 Å². The summed E-state index contributed by atoms with van der Waals surface area (Å²) in [6.07, 6.45) is 0. The van der Waals surface area contributed by atoms with Gasteiger partial charge in [-0.2, -0.15) is 0 Å². The molecule has 1 heterocycles. The molecule has 0 aliphatic heterocycles. The molecular formula is C16H21N3O2S. The van der Waals surface area contributed by atoms with Crippen molar-refractivity contribution in [2.45, 2.75) is 33.4 Å². The number of urea groups is 1. The second-order valence-electron chi connectivity index (χ2n) is 4.91. The predicted octanol–water partition coefficient (Wildman–Crippen LogP) is 3.41. The zero-order valence-electron chi connectivity index (χ0n) is 13.1. The van der Waals surface area contributed by atoms with Gasteiger partial charge in [-0.3, -0.25) is 0 Å². The Morgan fingerprint density at radius 2 is 2.27 bits per heavy atom. The number of hydrogen-bond donors (Lipinski definition) is 2. The number of amides is 2. The number of carbonyl (C=O) groups excluding carboxylic acids is 1. The standard InChI is InChI=1S/C16H21N3O2S/c1-4-21-15-7-5-6-13(8-15)11(2)18-16(20)17-9-14-10-22-12(3)19-14/h5-8,10-11H,4,9H2,1-3H3,(H2,17,18,20)/t11-/m1/s1. The molecule has 2 amide bonds. The number of nitrogens with one attached hydrogen (secondary N) is 2. The largest absolute Gasteiger partial charge is 0.494 e. The molecule has 6 heteroatoms. The highest BCUT2D eigenvalue weighted by molar-refractivity contribution is 7.09. The fourth-order valence-corrected chi connectivity index (χ4v) is 2.64. The van der Waals surface area contributed by atoms with E-state index in [9.17, 15) is 4.79 Å². The minimum absolute atomic E-state index is 0.0995. The van der Waals surface area contributed by atoms with Gasteiger partial charge in [-0.25, -0.2) is 9.78 Å². The first-order valence-electron chi connectivity index (χ1n) is 7.26. The number of benzene rings is 1. The molecule has 22 heavy (non-hydrogen) atoms. The van der Waals surface area contributed by atoms with E-state index in [1.807, 2.05) is 50.4 Å². The molecule has 0 aliphatic rings. The van der Waals surface area contributed by atoms with Gasteiger partial charge in [-0.05, 0) is 38.5 Å². The Labute approximate surface area is 134 Å². The third kappa shape index (κ3) is 4.73. The summed E-state index contributed by atoms with van der Waals surface area (Å²) in [5.41, 5.74) is 1.88. The van der Waals surface area contributed by atoms with Crippen LogP contribution in [0.15, 0.2) is 29.6 Å². The number of hydrogen-bond acceptors (Lipinski definition) is 4. The second-order valence-corrected chi connectivity index (χ2v) is 5.97. The van der Waals surface area contributed by atoms with Gasteiger partial charge >= 0.3 is 6.03 Å². The summed E-state index contributed by atoms with van der Waals surface area (Å²) < 4.78 is 5.47. The van der Waals surface area contributed by atoms with E-state index < -0.39 is 0 Å². The third-order valence-corrected chi connectivity index (χ3v) is 3.94. The van der Waals surface area contributed by atoms with Crippen molar-refractivity contribution in [3.63, 3.8) is 0 Å². The minimum atomic E-state index is -0.208. The van der Waals surface area contributed by atoms with E-state index in [0.29, 0.717) is 13.2 Å². The summed E-state index contributed by atoms with van der Waals surface area (Å²) in [6.45, 7) is 6.89. The van der Waals surface area contributed by atoms with Crippen molar-refractivity contribution in [2.75, 3.05) is 6.61 Å². The highest BCUT2D eigenvalue weighted by atomic mass is 32.1. The first-order chi connectivity index (χ1) is 10.6. The van der Waals surface area contributed by atoms with Crippen LogP contribution in [0.5, 0.6) is 5.75 Å². The van der Waals surface area contributed by atoms with E-state index in [1.54, 1.807) is 11.3 Å².